The van der Waals surface area contributed by atoms with E-state index in [0.29, 0.717) is 12.8 Å². The van der Waals surface area contributed by atoms with Crippen LogP contribution in [0, 0.1) is 0 Å². The van der Waals surface area contributed by atoms with E-state index in [9.17, 15) is 4.39 Å². The Morgan fingerprint density at radius 1 is 0.667 bits per heavy atom. The van der Waals surface area contributed by atoms with E-state index in [4.69, 9.17) is 4.74 Å². The van der Waals surface area contributed by atoms with Gasteiger partial charge in [-0.2, -0.15) is 0 Å². The van der Waals surface area contributed by atoms with Crippen molar-refractivity contribution >= 4 is 0 Å². The molecule has 0 saturated carbocycles. The van der Waals surface area contributed by atoms with Crippen molar-refractivity contribution < 1.29 is 9.13 Å². The van der Waals surface area contributed by atoms with Crippen LogP contribution in [-0.2, 0) is 6.42 Å². The molecule has 2 rings (SSSR count). The van der Waals surface area contributed by atoms with Crippen molar-refractivity contribution in [2.75, 3.05) is 6.61 Å². The minimum atomic E-state index is -0.696. The SMILES string of the molecule is CCCCCCCCCCOc1ccc(-c2ccc(CCC(F)CCCCCCCCC)cn2)cc1. The van der Waals surface area contributed by atoms with Crippen LogP contribution in [0.15, 0.2) is 42.6 Å². The van der Waals surface area contributed by atoms with Gasteiger partial charge < -0.3 is 4.74 Å². The smallest absolute Gasteiger partial charge is 0.119 e. The highest BCUT2D eigenvalue weighted by atomic mass is 19.1. The zero-order chi connectivity index (χ0) is 25.7. The summed E-state index contributed by atoms with van der Waals surface area (Å²) in [5.74, 6) is 0.924. The first-order valence-corrected chi connectivity index (χ1v) is 15.0. The lowest BCUT2D eigenvalue weighted by Crippen LogP contribution is -2.02. The van der Waals surface area contributed by atoms with Gasteiger partial charge in [0.15, 0.2) is 0 Å². The van der Waals surface area contributed by atoms with Gasteiger partial charge in [-0.1, -0.05) is 110 Å². The van der Waals surface area contributed by atoms with Gasteiger partial charge in [0.05, 0.1) is 12.3 Å². The number of rotatable bonds is 22. The molecular formula is C33H52FNO. The third kappa shape index (κ3) is 14.0. The molecule has 202 valence electrons. The second-order valence-corrected chi connectivity index (χ2v) is 10.4. The van der Waals surface area contributed by atoms with Gasteiger partial charge in [-0.15, -0.1) is 0 Å². The predicted molar refractivity (Wildman–Crippen MR) is 154 cm³/mol. The molecule has 36 heavy (non-hydrogen) atoms. The largest absolute Gasteiger partial charge is 0.494 e. The van der Waals surface area contributed by atoms with Gasteiger partial charge in [-0.05, 0) is 61.6 Å². The normalized spacial score (nSPS) is 12.1. The fraction of sp³-hybridized carbons (Fsp3) is 0.667. The highest BCUT2D eigenvalue weighted by molar-refractivity contribution is 5.60. The molecule has 0 aliphatic rings. The molecule has 2 aromatic rings. The first-order chi connectivity index (χ1) is 17.7. The number of aromatic nitrogens is 1. The minimum absolute atomic E-state index is 0.599. The second kappa shape index (κ2) is 20.2. The van der Waals surface area contributed by atoms with Crippen LogP contribution in [0.3, 0.4) is 0 Å². The summed E-state index contributed by atoms with van der Waals surface area (Å²) in [6, 6.07) is 12.4. The number of hydrogen-bond acceptors (Lipinski definition) is 2. The summed E-state index contributed by atoms with van der Waals surface area (Å²) in [5, 5.41) is 0. The summed E-state index contributed by atoms with van der Waals surface area (Å²) in [5.41, 5.74) is 3.16. The molecule has 1 atom stereocenters. The van der Waals surface area contributed by atoms with E-state index in [1.54, 1.807) is 0 Å². The lowest BCUT2D eigenvalue weighted by Gasteiger charge is -2.09. The van der Waals surface area contributed by atoms with Crippen LogP contribution in [0.5, 0.6) is 5.75 Å². The molecule has 0 spiro atoms. The van der Waals surface area contributed by atoms with Crippen molar-refractivity contribution in [1.29, 1.82) is 0 Å². The fourth-order valence-electron chi connectivity index (χ4n) is 4.68. The number of benzene rings is 1. The Labute approximate surface area is 221 Å². The molecule has 1 unspecified atom stereocenters. The zero-order valence-electron chi connectivity index (χ0n) is 23.3. The maximum atomic E-state index is 14.3. The summed E-state index contributed by atoms with van der Waals surface area (Å²) >= 11 is 0. The summed E-state index contributed by atoms with van der Waals surface area (Å²) in [4.78, 5) is 4.63. The number of pyridine rings is 1. The van der Waals surface area contributed by atoms with Crippen molar-refractivity contribution in [3.63, 3.8) is 0 Å². The number of unbranched alkanes of at least 4 members (excludes halogenated alkanes) is 13. The maximum Gasteiger partial charge on any atom is 0.119 e. The highest BCUT2D eigenvalue weighted by Gasteiger charge is 2.08. The van der Waals surface area contributed by atoms with Crippen molar-refractivity contribution in [2.45, 2.75) is 136 Å². The topological polar surface area (TPSA) is 22.1 Å². The molecule has 0 amide bonds. The standard InChI is InChI=1S/C33H52FNO/c1-3-5-7-9-11-13-15-17-27-36-32-24-21-30(22-25-32)33-26-20-29(28-35-33)19-23-31(34)18-16-14-12-10-8-6-4-2/h20-22,24-26,28,31H,3-19,23,27H2,1-2H3. The number of hydrogen-bond donors (Lipinski definition) is 0. The molecular weight excluding hydrogens is 445 g/mol. The molecule has 0 saturated heterocycles. The zero-order valence-corrected chi connectivity index (χ0v) is 23.3. The third-order valence-corrected chi connectivity index (χ3v) is 7.11. The summed E-state index contributed by atoms with van der Waals surface area (Å²) in [6.45, 7) is 5.29. The van der Waals surface area contributed by atoms with Crippen LogP contribution in [0.1, 0.15) is 129 Å². The molecule has 1 heterocycles. The van der Waals surface area contributed by atoms with Gasteiger partial charge in [0, 0.05) is 11.8 Å². The summed E-state index contributed by atoms with van der Waals surface area (Å²) in [7, 11) is 0. The van der Waals surface area contributed by atoms with Crippen molar-refractivity contribution in [3.8, 4) is 17.0 Å². The van der Waals surface area contributed by atoms with Crippen LogP contribution in [0.25, 0.3) is 11.3 Å². The van der Waals surface area contributed by atoms with E-state index in [1.165, 1.54) is 83.5 Å². The minimum Gasteiger partial charge on any atom is -0.494 e. The average Bonchev–Trinajstić information content (AvgIpc) is 2.91. The molecule has 0 aliphatic heterocycles. The van der Waals surface area contributed by atoms with Gasteiger partial charge in [0.2, 0.25) is 0 Å². The average molecular weight is 498 g/mol. The van der Waals surface area contributed by atoms with E-state index in [-0.39, 0.29) is 0 Å². The van der Waals surface area contributed by atoms with Crippen molar-refractivity contribution in [2.24, 2.45) is 0 Å². The Morgan fingerprint density at radius 3 is 1.83 bits per heavy atom. The fourth-order valence-corrected chi connectivity index (χ4v) is 4.68. The lowest BCUT2D eigenvalue weighted by molar-refractivity contribution is 0.287. The van der Waals surface area contributed by atoms with Crippen LogP contribution >= 0.6 is 0 Å². The van der Waals surface area contributed by atoms with Gasteiger partial charge in [0.25, 0.3) is 0 Å². The molecule has 2 nitrogen and oxygen atoms in total. The Morgan fingerprint density at radius 2 is 1.25 bits per heavy atom. The number of nitrogens with zero attached hydrogens (tertiary/aromatic N) is 1. The van der Waals surface area contributed by atoms with Gasteiger partial charge in [-0.25, -0.2) is 4.39 Å². The maximum absolute atomic E-state index is 14.3. The number of ether oxygens (including phenoxy) is 1. The first kappa shape index (κ1) is 30.3. The van der Waals surface area contributed by atoms with E-state index < -0.39 is 6.17 Å². The monoisotopic (exact) mass is 497 g/mol. The molecule has 1 aromatic heterocycles. The molecule has 0 aliphatic carbocycles. The number of halogens is 1. The Bertz CT molecular complexity index is 758. The quantitative estimate of drug-likeness (QED) is 0.151. The van der Waals surface area contributed by atoms with Crippen molar-refractivity contribution in [3.05, 3.63) is 48.2 Å². The lowest BCUT2D eigenvalue weighted by atomic mass is 10.0. The first-order valence-electron chi connectivity index (χ1n) is 15.0. The number of alkyl halides is 1. The van der Waals surface area contributed by atoms with Crippen LogP contribution < -0.4 is 4.74 Å². The summed E-state index contributed by atoms with van der Waals surface area (Å²) in [6.07, 6.45) is 22.5. The number of aryl methyl sites for hydroxylation is 1. The van der Waals surface area contributed by atoms with E-state index in [2.05, 4.69) is 43.1 Å². The molecule has 0 radical (unpaired) electrons. The third-order valence-electron chi connectivity index (χ3n) is 7.11. The highest BCUT2D eigenvalue weighted by Crippen LogP contribution is 2.22. The van der Waals surface area contributed by atoms with Crippen LogP contribution in [-0.4, -0.2) is 17.8 Å². The van der Waals surface area contributed by atoms with E-state index in [1.807, 2.05) is 18.3 Å². The van der Waals surface area contributed by atoms with Gasteiger partial charge in [-0.3, -0.25) is 4.98 Å². The molecule has 1 aromatic carbocycles. The van der Waals surface area contributed by atoms with Gasteiger partial charge in [0.1, 0.15) is 11.9 Å². The van der Waals surface area contributed by atoms with Crippen LogP contribution in [0.2, 0.25) is 0 Å². The Balaban J connectivity index is 1.59. The molecule has 0 fully saturated rings. The van der Waals surface area contributed by atoms with Crippen LogP contribution in [0.4, 0.5) is 4.39 Å². The molecule has 3 heteroatoms. The Hall–Kier alpha value is -1.90. The Kier molecular flexibility index (Phi) is 17.0. The van der Waals surface area contributed by atoms with Gasteiger partial charge >= 0.3 is 0 Å². The molecule has 0 N–H and O–H groups in total. The second-order valence-electron chi connectivity index (χ2n) is 10.4. The van der Waals surface area contributed by atoms with Crippen molar-refractivity contribution in [1.82, 2.24) is 4.98 Å². The van der Waals surface area contributed by atoms with E-state index in [0.717, 1.165) is 48.4 Å². The predicted octanol–water partition coefficient (Wildman–Crippen LogP) is 10.7. The molecule has 0 bridgehead atoms. The summed E-state index contributed by atoms with van der Waals surface area (Å²) < 4.78 is 20.2. The van der Waals surface area contributed by atoms with E-state index >= 15 is 0 Å².